The highest BCUT2D eigenvalue weighted by Gasteiger charge is 2.05. The Morgan fingerprint density at radius 3 is 2.76 bits per heavy atom. The van der Waals surface area contributed by atoms with Crippen LogP contribution in [0.2, 0.25) is 0 Å². The van der Waals surface area contributed by atoms with Crippen LogP contribution in [0, 0.1) is 0 Å². The van der Waals surface area contributed by atoms with Crippen LogP contribution in [0.1, 0.15) is 5.56 Å². The Bertz CT molecular complexity index is 595. The number of hydrogen-bond acceptors (Lipinski definition) is 5. The van der Waals surface area contributed by atoms with Gasteiger partial charge in [0.15, 0.2) is 0 Å². The molecule has 5 nitrogen and oxygen atoms in total. The second-order valence-corrected chi connectivity index (χ2v) is 4.78. The number of aliphatic imine (C=N–C) groups is 1. The number of aromatic nitrogens is 1. The standard InChI is InChI=1S/C16H18N4O/c1-2-4-13(5-3-1)12-21-14-6-7-15(19-10-14)20-16-11-17-8-9-18-16/h1-7,10,17H,8-9,11-12H2,(H,18,19,20). The van der Waals surface area contributed by atoms with Crippen molar-refractivity contribution < 1.29 is 4.74 Å². The smallest absolute Gasteiger partial charge is 0.138 e. The van der Waals surface area contributed by atoms with Crippen molar-refractivity contribution in [2.24, 2.45) is 4.99 Å². The first-order chi connectivity index (χ1) is 10.4. The van der Waals surface area contributed by atoms with E-state index < -0.39 is 0 Å². The monoisotopic (exact) mass is 282 g/mol. The normalized spacial score (nSPS) is 14.4. The third-order valence-corrected chi connectivity index (χ3v) is 3.14. The number of ether oxygens (including phenoxy) is 1. The van der Waals surface area contributed by atoms with Gasteiger partial charge >= 0.3 is 0 Å². The minimum atomic E-state index is 0.548. The summed E-state index contributed by atoms with van der Waals surface area (Å²) in [7, 11) is 0. The highest BCUT2D eigenvalue weighted by Crippen LogP contribution is 2.14. The topological polar surface area (TPSA) is 58.5 Å². The van der Waals surface area contributed by atoms with Crippen LogP contribution in [-0.4, -0.2) is 30.5 Å². The fourth-order valence-electron chi connectivity index (χ4n) is 2.04. The van der Waals surface area contributed by atoms with Gasteiger partial charge in [-0.1, -0.05) is 30.3 Å². The minimum absolute atomic E-state index is 0.548. The van der Waals surface area contributed by atoms with Gasteiger partial charge in [-0.15, -0.1) is 0 Å². The lowest BCUT2D eigenvalue weighted by molar-refractivity contribution is 0.305. The molecule has 0 aliphatic carbocycles. The molecule has 1 aromatic carbocycles. The summed E-state index contributed by atoms with van der Waals surface area (Å²) in [5.74, 6) is 2.46. The summed E-state index contributed by atoms with van der Waals surface area (Å²) in [6.07, 6.45) is 1.72. The van der Waals surface area contributed by atoms with Crippen molar-refractivity contribution in [1.82, 2.24) is 10.3 Å². The Hall–Kier alpha value is -2.40. The molecule has 2 heterocycles. The first kappa shape index (κ1) is 13.6. The molecule has 0 bridgehead atoms. The highest BCUT2D eigenvalue weighted by atomic mass is 16.5. The molecule has 5 heteroatoms. The maximum atomic E-state index is 5.70. The molecule has 108 valence electrons. The van der Waals surface area contributed by atoms with E-state index in [4.69, 9.17) is 4.74 Å². The molecule has 0 atom stereocenters. The molecule has 0 spiro atoms. The number of amidine groups is 1. The molecular weight excluding hydrogens is 264 g/mol. The highest BCUT2D eigenvalue weighted by molar-refractivity contribution is 5.96. The molecule has 0 amide bonds. The zero-order chi connectivity index (χ0) is 14.3. The Balaban J connectivity index is 1.55. The first-order valence-corrected chi connectivity index (χ1v) is 7.04. The van der Waals surface area contributed by atoms with Crippen LogP contribution in [0.3, 0.4) is 0 Å². The van der Waals surface area contributed by atoms with Gasteiger partial charge in [0.25, 0.3) is 0 Å². The molecule has 1 aliphatic heterocycles. The van der Waals surface area contributed by atoms with E-state index in [2.05, 4.69) is 20.6 Å². The van der Waals surface area contributed by atoms with Crippen molar-refractivity contribution in [2.75, 3.05) is 25.0 Å². The Morgan fingerprint density at radius 1 is 1.14 bits per heavy atom. The van der Waals surface area contributed by atoms with Crippen LogP contribution in [0.15, 0.2) is 53.7 Å². The predicted octanol–water partition coefficient (Wildman–Crippen LogP) is 2.07. The van der Waals surface area contributed by atoms with Crippen LogP contribution in [0.25, 0.3) is 0 Å². The average molecular weight is 282 g/mol. The number of benzene rings is 1. The summed E-state index contributed by atoms with van der Waals surface area (Å²) in [5, 5.41) is 6.46. The number of pyridine rings is 1. The molecule has 0 radical (unpaired) electrons. The summed E-state index contributed by atoms with van der Waals surface area (Å²) in [4.78, 5) is 8.74. The summed E-state index contributed by atoms with van der Waals surface area (Å²) < 4.78 is 5.70. The molecule has 1 aromatic heterocycles. The molecule has 3 rings (SSSR count). The summed E-state index contributed by atoms with van der Waals surface area (Å²) in [6, 6.07) is 13.9. The molecule has 21 heavy (non-hydrogen) atoms. The third-order valence-electron chi connectivity index (χ3n) is 3.14. The SMILES string of the molecule is c1ccc(COc2ccc(NC3=NCCNC3)nc2)cc1. The maximum Gasteiger partial charge on any atom is 0.138 e. The van der Waals surface area contributed by atoms with E-state index >= 15 is 0 Å². The average Bonchev–Trinajstić information content (AvgIpc) is 2.56. The fourth-order valence-corrected chi connectivity index (χ4v) is 2.04. The Morgan fingerprint density at radius 2 is 2.05 bits per heavy atom. The molecule has 0 fully saturated rings. The first-order valence-electron chi connectivity index (χ1n) is 7.04. The van der Waals surface area contributed by atoms with Crippen LogP contribution < -0.4 is 15.4 Å². The van der Waals surface area contributed by atoms with E-state index in [1.807, 2.05) is 42.5 Å². The number of nitrogens with one attached hydrogen (secondary N) is 2. The van der Waals surface area contributed by atoms with Gasteiger partial charge in [0, 0.05) is 6.54 Å². The van der Waals surface area contributed by atoms with E-state index in [-0.39, 0.29) is 0 Å². The molecule has 0 unspecified atom stereocenters. The van der Waals surface area contributed by atoms with Gasteiger partial charge in [0.05, 0.1) is 19.3 Å². The molecule has 2 aromatic rings. The van der Waals surface area contributed by atoms with Gasteiger partial charge < -0.3 is 15.4 Å². The molecule has 0 saturated heterocycles. The zero-order valence-electron chi connectivity index (χ0n) is 11.7. The minimum Gasteiger partial charge on any atom is -0.487 e. The number of hydrogen-bond donors (Lipinski definition) is 2. The Labute approximate surface area is 124 Å². The summed E-state index contributed by atoms with van der Waals surface area (Å²) >= 11 is 0. The lowest BCUT2D eigenvalue weighted by Crippen LogP contribution is -2.35. The van der Waals surface area contributed by atoms with Gasteiger partial charge in [-0.05, 0) is 17.7 Å². The quantitative estimate of drug-likeness (QED) is 0.901. The van der Waals surface area contributed by atoms with Gasteiger partial charge in [-0.3, -0.25) is 4.99 Å². The molecular formula is C16H18N4O. The summed E-state index contributed by atoms with van der Waals surface area (Å²) in [6.45, 7) is 3.05. The van der Waals surface area contributed by atoms with E-state index in [1.54, 1.807) is 6.20 Å². The van der Waals surface area contributed by atoms with Crippen LogP contribution in [-0.2, 0) is 6.61 Å². The predicted molar refractivity (Wildman–Crippen MR) is 83.8 cm³/mol. The lowest BCUT2D eigenvalue weighted by atomic mass is 10.2. The third kappa shape index (κ3) is 4.03. The molecule has 2 N–H and O–H groups in total. The van der Waals surface area contributed by atoms with Crippen molar-refractivity contribution in [3.63, 3.8) is 0 Å². The maximum absolute atomic E-state index is 5.70. The number of nitrogens with zero attached hydrogens (tertiary/aromatic N) is 2. The van der Waals surface area contributed by atoms with Crippen molar-refractivity contribution >= 4 is 11.7 Å². The second kappa shape index (κ2) is 6.85. The van der Waals surface area contributed by atoms with Crippen LogP contribution in [0.5, 0.6) is 5.75 Å². The van der Waals surface area contributed by atoms with E-state index in [0.29, 0.717) is 6.61 Å². The molecule has 1 aliphatic rings. The van der Waals surface area contributed by atoms with Gasteiger partial charge in [-0.25, -0.2) is 4.98 Å². The van der Waals surface area contributed by atoms with E-state index in [9.17, 15) is 0 Å². The lowest BCUT2D eigenvalue weighted by Gasteiger charge is -2.14. The van der Waals surface area contributed by atoms with Crippen molar-refractivity contribution in [2.45, 2.75) is 6.61 Å². The van der Waals surface area contributed by atoms with E-state index in [0.717, 1.165) is 42.6 Å². The van der Waals surface area contributed by atoms with Crippen LogP contribution >= 0.6 is 0 Å². The van der Waals surface area contributed by atoms with E-state index in [1.165, 1.54) is 0 Å². The molecule has 0 saturated carbocycles. The van der Waals surface area contributed by atoms with Gasteiger partial charge in [0.1, 0.15) is 24.0 Å². The van der Waals surface area contributed by atoms with Gasteiger partial charge in [-0.2, -0.15) is 0 Å². The van der Waals surface area contributed by atoms with Gasteiger partial charge in [0.2, 0.25) is 0 Å². The summed E-state index contributed by atoms with van der Waals surface area (Å²) in [5.41, 5.74) is 1.14. The van der Waals surface area contributed by atoms with Crippen molar-refractivity contribution in [3.8, 4) is 5.75 Å². The van der Waals surface area contributed by atoms with Crippen LogP contribution in [0.4, 0.5) is 5.82 Å². The fraction of sp³-hybridized carbons (Fsp3) is 0.250. The largest absolute Gasteiger partial charge is 0.487 e. The van der Waals surface area contributed by atoms with Crippen molar-refractivity contribution in [1.29, 1.82) is 0 Å². The Kier molecular flexibility index (Phi) is 4.43. The van der Waals surface area contributed by atoms with Crippen molar-refractivity contribution in [3.05, 3.63) is 54.2 Å². The number of anilines is 1. The number of rotatable bonds is 4. The zero-order valence-corrected chi connectivity index (χ0v) is 11.7. The second-order valence-electron chi connectivity index (χ2n) is 4.78.